The molecule has 1 heteroatoms. The Labute approximate surface area is 160 Å². The number of ether oxygens (including phenoxy) is 1. The van der Waals surface area contributed by atoms with Crippen molar-refractivity contribution in [1.82, 2.24) is 0 Å². The molecule has 4 fully saturated rings. The van der Waals surface area contributed by atoms with Crippen LogP contribution in [0.25, 0.3) is 10.8 Å². The minimum Gasteiger partial charge on any atom is -0.497 e. The molecule has 1 nitrogen and oxygen atoms in total. The summed E-state index contributed by atoms with van der Waals surface area (Å²) in [7, 11) is 1.77. The quantitative estimate of drug-likeness (QED) is 0.468. The molecule has 0 amide bonds. The van der Waals surface area contributed by atoms with Crippen LogP contribution in [0.5, 0.6) is 5.75 Å². The third-order valence-electron chi connectivity index (χ3n) is 10.1. The average Bonchev–Trinajstić information content (AvgIpc) is 3.51. The largest absolute Gasteiger partial charge is 0.497 e. The summed E-state index contributed by atoms with van der Waals surface area (Å²) in [6, 6.07) is 11.6. The zero-order chi connectivity index (χ0) is 17.4. The Bertz CT molecular complexity index is 1030. The van der Waals surface area contributed by atoms with Gasteiger partial charge in [-0.15, -0.1) is 0 Å². The summed E-state index contributed by atoms with van der Waals surface area (Å²) in [5, 5.41) is 2.90. The van der Waals surface area contributed by atoms with Crippen LogP contribution in [0, 0.1) is 47.3 Å². The van der Waals surface area contributed by atoms with E-state index in [9.17, 15) is 0 Å². The van der Waals surface area contributed by atoms with Gasteiger partial charge in [0.15, 0.2) is 0 Å². The molecule has 10 atom stereocenters. The maximum absolute atomic E-state index is 5.48. The van der Waals surface area contributed by atoms with E-state index in [0.29, 0.717) is 0 Å². The third kappa shape index (κ3) is 1.44. The molecule has 4 saturated carbocycles. The van der Waals surface area contributed by atoms with Crippen molar-refractivity contribution >= 4 is 10.8 Å². The van der Waals surface area contributed by atoms with Crippen molar-refractivity contribution in [2.24, 2.45) is 47.3 Å². The van der Waals surface area contributed by atoms with Gasteiger partial charge in [0.2, 0.25) is 0 Å². The van der Waals surface area contributed by atoms with Gasteiger partial charge in [-0.2, -0.15) is 0 Å². The molecule has 0 radical (unpaired) electrons. The first kappa shape index (κ1) is 14.3. The summed E-state index contributed by atoms with van der Waals surface area (Å²) in [6.45, 7) is 0. The highest BCUT2D eigenvalue weighted by Gasteiger charge is 2.70. The van der Waals surface area contributed by atoms with Crippen LogP contribution in [0.4, 0.5) is 0 Å². The van der Waals surface area contributed by atoms with Crippen LogP contribution in [0.15, 0.2) is 42.5 Å². The Kier molecular flexibility index (Phi) is 2.35. The molecule has 0 aliphatic heterocycles. The van der Waals surface area contributed by atoms with E-state index in [1.165, 1.54) is 23.6 Å². The standard InChI is InChI=1S/C26H26O/c1-27-15-5-7-16-12(9-15)4-6-17-18-10-21(24(16)17)26-20-11-19(25(18)26)22-13-2-3-14(8-13)23(20)22/h2-7,9,13-14,18-23,25-26H,8,10-11H2,1H3. The number of methoxy groups -OCH3 is 1. The summed E-state index contributed by atoms with van der Waals surface area (Å²) < 4.78 is 5.48. The van der Waals surface area contributed by atoms with E-state index in [-0.39, 0.29) is 0 Å². The smallest absolute Gasteiger partial charge is 0.119 e. The van der Waals surface area contributed by atoms with Crippen LogP contribution in [0.1, 0.15) is 42.2 Å². The van der Waals surface area contributed by atoms with Crippen molar-refractivity contribution in [2.75, 3.05) is 7.11 Å². The molecule has 0 saturated heterocycles. The number of fused-ring (bicyclic) bond motifs is 21. The van der Waals surface area contributed by atoms with Crippen LogP contribution >= 0.6 is 0 Å². The predicted octanol–water partition coefficient (Wildman–Crippen LogP) is 5.75. The summed E-state index contributed by atoms with van der Waals surface area (Å²) in [6.07, 6.45) is 9.71. The monoisotopic (exact) mass is 354 g/mol. The molecule has 0 spiro atoms. The van der Waals surface area contributed by atoms with Gasteiger partial charge < -0.3 is 4.74 Å². The zero-order valence-corrected chi connectivity index (χ0v) is 15.8. The lowest BCUT2D eigenvalue weighted by Gasteiger charge is -2.44. The molecule has 0 heterocycles. The molecular formula is C26H26O. The second kappa shape index (κ2) is 4.45. The van der Waals surface area contributed by atoms with Gasteiger partial charge in [0.25, 0.3) is 0 Å². The zero-order valence-electron chi connectivity index (χ0n) is 15.8. The van der Waals surface area contributed by atoms with E-state index < -0.39 is 0 Å². The minimum atomic E-state index is 0.839. The first-order valence-corrected chi connectivity index (χ1v) is 11.1. The number of hydrogen-bond acceptors (Lipinski definition) is 1. The number of benzene rings is 2. The normalized spacial score (nSPS) is 49.1. The lowest BCUT2D eigenvalue weighted by molar-refractivity contribution is 0.0885. The SMILES string of the molecule is COc1ccc2c3c(ccc2c1)C1CC3C2C3CC(C4C5C=CC(C5)C34)C12. The fourth-order valence-corrected chi connectivity index (χ4v) is 9.71. The highest BCUT2D eigenvalue weighted by atomic mass is 16.5. The van der Waals surface area contributed by atoms with Crippen LogP contribution in [0.3, 0.4) is 0 Å². The van der Waals surface area contributed by atoms with E-state index in [2.05, 4.69) is 42.5 Å². The van der Waals surface area contributed by atoms with Crippen LogP contribution < -0.4 is 4.74 Å². The third-order valence-corrected chi connectivity index (χ3v) is 10.1. The van der Waals surface area contributed by atoms with Crippen LogP contribution in [-0.2, 0) is 0 Å². The maximum atomic E-state index is 5.48. The molecule has 8 rings (SSSR count). The average molecular weight is 354 g/mol. The molecule has 10 unspecified atom stereocenters. The van der Waals surface area contributed by atoms with Crippen molar-refractivity contribution in [3.63, 3.8) is 0 Å². The fraction of sp³-hybridized carbons (Fsp3) is 0.538. The van der Waals surface area contributed by atoms with Crippen molar-refractivity contribution in [2.45, 2.75) is 31.1 Å². The number of hydrogen-bond donors (Lipinski definition) is 0. The van der Waals surface area contributed by atoms with Gasteiger partial charge in [-0.25, -0.2) is 0 Å². The van der Waals surface area contributed by atoms with E-state index in [1.807, 2.05) is 0 Å². The summed E-state index contributed by atoms with van der Waals surface area (Å²) >= 11 is 0. The van der Waals surface area contributed by atoms with Crippen LogP contribution in [0.2, 0.25) is 0 Å². The first-order valence-electron chi connectivity index (χ1n) is 11.1. The first-order chi connectivity index (χ1) is 13.3. The van der Waals surface area contributed by atoms with E-state index in [0.717, 1.165) is 64.9 Å². The van der Waals surface area contributed by atoms with Crippen LogP contribution in [-0.4, -0.2) is 7.11 Å². The molecule has 2 aromatic carbocycles. The Balaban J connectivity index is 1.29. The molecule has 0 N–H and O–H groups in total. The molecule has 6 bridgehead atoms. The molecule has 2 aromatic rings. The fourth-order valence-electron chi connectivity index (χ4n) is 9.71. The second-order valence-electron chi connectivity index (χ2n) is 10.4. The molecule has 6 aliphatic carbocycles. The predicted molar refractivity (Wildman–Crippen MR) is 107 cm³/mol. The lowest BCUT2D eigenvalue weighted by Crippen LogP contribution is -2.39. The molecule has 0 aromatic heterocycles. The summed E-state index contributed by atoms with van der Waals surface area (Å²) in [5.74, 6) is 10.7. The topological polar surface area (TPSA) is 9.23 Å². The highest BCUT2D eigenvalue weighted by molar-refractivity contribution is 5.89. The van der Waals surface area contributed by atoms with Gasteiger partial charge in [-0.1, -0.05) is 30.4 Å². The lowest BCUT2D eigenvalue weighted by atomic mass is 9.60. The molecular weight excluding hydrogens is 328 g/mol. The van der Waals surface area contributed by atoms with Gasteiger partial charge in [0, 0.05) is 0 Å². The Morgan fingerprint density at radius 3 is 2.33 bits per heavy atom. The van der Waals surface area contributed by atoms with Crippen molar-refractivity contribution in [3.05, 3.63) is 53.6 Å². The number of allylic oxidation sites excluding steroid dienone is 2. The van der Waals surface area contributed by atoms with Crippen molar-refractivity contribution in [1.29, 1.82) is 0 Å². The van der Waals surface area contributed by atoms with E-state index >= 15 is 0 Å². The van der Waals surface area contributed by atoms with Gasteiger partial charge in [0.1, 0.15) is 5.75 Å². The van der Waals surface area contributed by atoms with E-state index in [1.54, 1.807) is 24.7 Å². The maximum Gasteiger partial charge on any atom is 0.119 e. The highest BCUT2D eigenvalue weighted by Crippen LogP contribution is 2.78. The number of rotatable bonds is 1. The minimum absolute atomic E-state index is 0.839. The van der Waals surface area contributed by atoms with Gasteiger partial charge >= 0.3 is 0 Å². The second-order valence-corrected chi connectivity index (χ2v) is 10.4. The van der Waals surface area contributed by atoms with Crippen molar-refractivity contribution < 1.29 is 4.74 Å². The Hall–Kier alpha value is -1.76. The van der Waals surface area contributed by atoms with E-state index in [4.69, 9.17) is 4.74 Å². The summed E-state index contributed by atoms with van der Waals surface area (Å²) in [5.41, 5.74) is 3.46. The van der Waals surface area contributed by atoms with Gasteiger partial charge in [0.05, 0.1) is 7.11 Å². The molecule has 136 valence electrons. The Morgan fingerprint density at radius 1 is 0.778 bits per heavy atom. The molecule has 6 aliphatic rings. The molecule has 27 heavy (non-hydrogen) atoms. The van der Waals surface area contributed by atoms with Crippen molar-refractivity contribution in [3.8, 4) is 5.75 Å². The van der Waals surface area contributed by atoms with Gasteiger partial charge in [-0.3, -0.25) is 0 Å². The Morgan fingerprint density at radius 2 is 1.56 bits per heavy atom. The summed E-state index contributed by atoms with van der Waals surface area (Å²) in [4.78, 5) is 0. The van der Waals surface area contributed by atoms with Gasteiger partial charge in [-0.05, 0) is 112 Å².